The Kier molecular flexibility index (Phi) is 3.53. The van der Waals surface area contributed by atoms with Crippen molar-refractivity contribution >= 4 is 11.1 Å². The second-order valence-corrected chi connectivity index (χ2v) is 5.52. The van der Waals surface area contributed by atoms with Gasteiger partial charge in [0.25, 0.3) is 0 Å². The first-order valence-corrected chi connectivity index (χ1v) is 7.04. The van der Waals surface area contributed by atoms with Crippen molar-refractivity contribution in [3.63, 3.8) is 0 Å². The van der Waals surface area contributed by atoms with E-state index in [-0.39, 0.29) is 0 Å². The first-order chi connectivity index (χ1) is 9.28. The van der Waals surface area contributed by atoms with E-state index in [9.17, 15) is 0 Å². The normalized spacial score (nSPS) is 25.6. The predicted molar refractivity (Wildman–Crippen MR) is 75.7 cm³/mol. The number of nitrogens with zero attached hydrogens (tertiary/aromatic N) is 1. The molecule has 3 rings (SSSR count). The third kappa shape index (κ3) is 2.51. The van der Waals surface area contributed by atoms with Crippen LogP contribution in [0.4, 0.5) is 0 Å². The summed E-state index contributed by atoms with van der Waals surface area (Å²) in [5, 5.41) is 3.46. The van der Waals surface area contributed by atoms with Crippen LogP contribution in [0.3, 0.4) is 0 Å². The third-order valence-corrected chi connectivity index (χ3v) is 4.31. The van der Waals surface area contributed by atoms with Crippen LogP contribution >= 0.6 is 0 Å². The Morgan fingerprint density at radius 3 is 2.84 bits per heavy atom. The number of hydrogen-bond donors (Lipinski definition) is 2. The monoisotopic (exact) mass is 259 g/mol. The minimum absolute atomic E-state index is 0.377. The molecule has 1 saturated carbocycles. The molecule has 1 aliphatic carbocycles. The maximum absolute atomic E-state index is 5.99. The van der Waals surface area contributed by atoms with Gasteiger partial charge < -0.3 is 15.5 Å². The van der Waals surface area contributed by atoms with Gasteiger partial charge in [0.2, 0.25) is 0 Å². The number of nitrogens with two attached hydrogens (primary N) is 1. The van der Waals surface area contributed by atoms with Crippen LogP contribution in [0.1, 0.15) is 37.3 Å². The van der Waals surface area contributed by atoms with Gasteiger partial charge in [-0.2, -0.15) is 0 Å². The summed E-state index contributed by atoms with van der Waals surface area (Å²) in [6.45, 7) is 0. The van der Waals surface area contributed by atoms with Crippen molar-refractivity contribution in [2.45, 2.75) is 37.8 Å². The Morgan fingerprint density at radius 1 is 1.32 bits per heavy atom. The fourth-order valence-corrected chi connectivity index (χ4v) is 3.22. The van der Waals surface area contributed by atoms with E-state index in [1.807, 2.05) is 13.1 Å². The first kappa shape index (κ1) is 12.6. The van der Waals surface area contributed by atoms with Gasteiger partial charge in [-0.1, -0.05) is 6.07 Å². The second-order valence-electron chi connectivity index (χ2n) is 5.52. The van der Waals surface area contributed by atoms with Crippen molar-refractivity contribution in [3.05, 3.63) is 30.2 Å². The molecule has 1 unspecified atom stereocenters. The average Bonchev–Trinajstić information content (AvgIpc) is 2.89. The van der Waals surface area contributed by atoms with Gasteiger partial charge in [0.05, 0.1) is 0 Å². The fraction of sp³-hybridized carbons (Fsp3) is 0.533. The molecule has 2 aromatic rings. The van der Waals surface area contributed by atoms with Gasteiger partial charge in [-0.05, 0) is 56.3 Å². The lowest BCUT2D eigenvalue weighted by Crippen LogP contribution is -2.33. The largest absolute Gasteiger partial charge is 0.443 e. The SMILES string of the molecule is CNC(c1ccc2ncoc2c1)C1CCC(N)CC1. The molecule has 0 radical (unpaired) electrons. The lowest BCUT2D eigenvalue weighted by Gasteiger charge is -2.32. The van der Waals surface area contributed by atoms with Gasteiger partial charge in [-0.25, -0.2) is 4.98 Å². The van der Waals surface area contributed by atoms with Crippen molar-refractivity contribution in [2.24, 2.45) is 11.7 Å². The molecule has 1 aromatic carbocycles. The first-order valence-electron chi connectivity index (χ1n) is 7.04. The number of aromatic nitrogens is 1. The van der Waals surface area contributed by atoms with Crippen LogP contribution in [-0.2, 0) is 0 Å². The number of rotatable bonds is 3. The molecule has 4 nitrogen and oxygen atoms in total. The number of benzene rings is 1. The number of hydrogen-bond acceptors (Lipinski definition) is 4. The summed E-state index contributed by atoms with van der Waals surface area (Å²) in [6.07, 6.45) is 6.16. The summed E-state index contributed by atoms with van der Waals surface area (Å²) in [6, 6.07) is 7.07. The fourth-order valence-electron chi connectivity index (χ4n) is 3.22. The molecule has 0 saturated heterocycles. The predicted octanol–water partition coefficient (Wildman–Crippen LogP) is 2.61. The summed E-state index contributed by atoms with van der Waals surface area (Å²) in [4.78, 5) is 4.16. The molecule has 1 aliphatic rings. The lowest BCUT2D eigenvalue weighted by atomic mass is 9.79. The molecule has 1 atom stereocenters. The van der Waals surface area contributed by atoms with Crippen LogP contribution in [0.5, 0.6) is 0 Å². The zero-order valence-electron chi connectivity index (χ0n) is 11.3. The molecule has 0 amide bonds. The zero-order valence-corrected chi connectivity index (χ0v) is 11.3. The van der Waals surface area contributed by atoms with Crippen LogP contribution < -0.4 is 11.1 Å². The molecular formula is C15H21N3O. The molecule has 1 heterocycles. The van der Waals surface area contributed by atoms with Gasteiger partial charge >= 0.3 is 0 Å². The van der Waals surface area contributed by atoms with E-state index in [1.54, 1.807) is 0 Å². The van der Waals surface area contributed by atoms with E-state index in [4.69, 9.17) is 10.2 Å². The summed E-state index contributed by atoms with van der Waals surface area (Å²) in [5.74, 6) is 0.658. The molecule has 102 valence electrons. The van der Waals surface area contributed by atoms with Crippen LogP contribution in [0.2, 0.25) is 0 Å². The van der Waals surface area contributed by atoms with E-state index >= 15 is 0 Å². The maximum atomic E-state index is 5.99. The molecule has 19 heavy (non-hydrogen) atoms. The molecule has 4 heteroatoms. The standard InChI is InChI=1S/C15H21N3O/c1-17-15(10-2-5-12(16)6-3-10)11-4-7-13-14(8-11)19-9-18-13/h4,7-10,12,15,17H,2-3,5-6,16H2,1H3. The highest BCUT2D eigenvalue weighted by atomic mass is 16.3. The Labute approximate surface area is 113 Å². The van der Waals surface area contributed by atoms with Crippen molar-refractivity contribution in [3.8, 4) is 0 Å². The molecule has 0 bridgehead atoms. The molecular weight excluding hydrogens is 238 g/mol. The van der Waals surface area contributed by atoms with Gasteiger partial charge in [0.1, 0.15) is 5.52 Å². The van der Waals surface area contributed by atoms with E-state index in [1.165, 1.54) is 24.8 Å². The number of nitrogens with one attached hydrogen (secondary N) is 1. The quantitative estimate of drug-likeness (QED) is 0.889. The highest BCUT2D eigenvalue weighted by Crippen LogP contribution is 2.34. The van der Waals surface area contributed by atoms with E-state index in [0.717, 1.165) is 23.9 Å². The Hall–Kier alpha value is -1.39. The number of fused-ring (bicyclic) bond motifs is 1. The molecule has 0 spiro atoms. The Morgan fingerprint density at radius 2 is 2.11 bits per heavy atom. The van der Waals surface area contributed by atoms with E-state index in [2.05, 4.69) is 22.4 Å². The minimum Gasteiger partial charge on any atom is -0.443 e. The highest BCUT2D eigenvalue weighted by molar-refractivity contribution is 5.72. The van der Waals surface area contributed by atoms with Gasteiger partial charge in [-0.3, -0.25) is 0 Å². The third-order valence-electron chi connectivity index (χ3n) is 4.31. The molecule has 1 fully saturated rings. The Balaban J connectivity index is 1.84. The molecule has 0 aliphatic heterocycles. The topological polar surface area (TPSA) is 64.1 Å². The molecule has 3 N–H and O–H groups in total. The van der Waals surface area contributed by atoms with Crippen LogP contribution in [-0.4, -0.2) is 18.1 Å². The maximum Gasteiger partial charge on any atom is 0.181 e. The summed E-state index contributed by atoms with van der Waals surface area (Å²) >= 11 is 0. The summed E-state index contributed by atoms with van der Waals surface area (Å²) in [7, 11) is 2.03. The van der Waals surface area contributed by atoms with Crippen LogP contribution in [0.25, 0.3) is 11.1 Å². The summed E-state index contributed by atoms with van der Waals surface area (Å²) < 4.78 is 5.40. The average molecular weight is 259 g/mol. The Bertz CT molecular complexity index is 543. The van der Waals surface area contributed by atoms with Crippen molar-refractivity contribution in [2.75, 3.05) is 7.05 Å². The van der Waals surface area contributed by atoms with Crippen molar-refractivity contribution in [1.82, 2.24) is 10.3 Å². The van der Waals surface area contributed by atoms with Gasteiger partial charge in [-0.15, -0.1) is 0 Å². The minimum atomic E-state index is 0.377. The van der Waals surface area contributed by atoms with E-state index < -0.39 is 0 Å². The van der Waals surface area contributed by atoms with Crippen LogP contribution in [0.15, 0.2) is 29.0 Å². The van der Waals surface area contributed by atoms with Crippen molar-refractivity contribution < 1.29 is 4.42 Å². The van der Waals surface area contributed by atoms with Gasteiger partial charge in [0, 0.05) is 12.1 Å². The zero-order chi connectivity index (χ0) is 13.2. The van der Waals surface area contributed by atoms with E-state index in [0.29, 0.717) is 18.0 Å². The lowest BCUT2D eigenvalue weighted by molar-refractivity contribution is 0.262. The van der Waals surface area contributed by atoms with Crippen molar-refractivity contribution in [1.29, 1.82) is 0 Å². The smallest absolute Gasteiger partial charge is 0.181 e. The highest BCUT2D eigenvalue weighted by Gasteiger charge is 2.26. The second kappa shape index (κ2) is 5.31. The number of oxazole rings is 1. The molecule has 1 aromatic heterocycles. The van der Waals surface area contributed by atoms with Crippen LogP contribution in [0, 0.1) is 5.92 Å². The van der Waals surface area contributed by atoms with Gasteiger partial charge in [0.15, 0.2) is 12.0 Å². The summed E-state index contributed by atoms with van der Waals surface area (Å²) in [5.41, 5.74) is 9.07.